The summed E-state index contributed by atoms with van der Waals surface area (Å²) < 4.78 is 68.2. The average Bonchev–Trinajstić information content (AvgIpc) is 2.69. The zero-order valence-electron chi connectivity index (χ0n) is 17.3. The Kier molecular flexibility index (Phi) is 8.87. The number of rotatable bonds is 11. The van der Waals surface area contributed by atoms with E-state index in [0.29, 0.717) is 12.2 Å². The third kappa shape index (κ3) is 9.26. The van der Waals surface area contributed by atoms with E-state index in [1.165, 1.54) is 12.1 Å². The van der Waals surface area contributed by atoms with Crippen LogP contribution in [0.25, 0.3) is 0 Å². The first-order valence-electron chi connectivity index (χ1n) is 9.69. The van der Waals surface area contributed by atoms with Gasteiger partial charge in [0.25, 0.3) is 0 Å². The molecule has 0 amide bonds. The predicted molar refractivity (Wildman–Crippen MR) is 112 cm³/mol. The molecule has 2 atom stereocenters. The van der Waals surface area contributed by atoms with Gasteiger partial charge in [0.2, 0.25) is 10.0 Å². The first kappa shape index (κ1) is 25.1. The standard InChI is InChI=1S/C21H27F3N2O4S/c1-15(25-14-20(27)17-4-3-5-18(13-17)21(22,23)24)12-16-6-8-19(9-7-16)30-11-10-26-31(2,28)29/h3-9,13,15,20,25-27H,10-12,14H2,1-2H3. The van der Waals surface area contributed by atoms with E-state index >= 15 is 0 Å². The lowest BCUT2D eigenvalue weighted by atomic mass is 10.0. The Morgan fingerprint density at radius 1 is 1.13 bits per heavy atom. The van der Waals surface area contributed by atoms with Crippen molar-refractivity contribution in [3.05, 3.63) is 65.2 Å². The van der Waals surface area contributed by atoms with Crippen LogP contribution in [-0.2, 0) is 22.6 Å². The van der Waals surface area contributed by atoms with E-state index in [-0.39, 0.29) is 31.3 Å². The number of aliphatic hydroxyl groups is 1. The van der Waals surface area contributed by atoms with Crippen LogP contribution in [0.1, 0.15) is 29.7 Å². The molecule has 0 saturated heterocycles. The van der Waals surface area contributed by atoms with Gasteiger partial charge in [-0.1, -0.05) is 24.3 Å². The fraction of sp³-hybridized carbons (Fsp3) is 0.429. The molecule has 31 heavy (non-hydrogen) atoms. The van der Waals surface area contributed by atoms with E-state index in [1.54, 1.807) is 12.1 Å². The summed E-state index contributed by atoms with van der Waals surface area (Å²) in [4.78, 5) is 0. The zero-order valence-corrected chi connectivity index (χ0v) is 18.1. The monoisotopic (exact) mass is 460 g/mol. The van der Waals surface area contributed by atoms with Gasteiger partial charge in [-0.3, -0.25) is 0 Å². The van der Waals surface area contributed by atoms with Crippen LogP contribution in [0.5, 0.6) is 5.75 Å². The van der Waals surface area contributed by atoms with Gasteiger partial charge in [-0.15, -0.1) is 0 Å². The van der Waals surface area contributed by atoms with Crippen molar-refractivity contribution in [3.63, 3.8) is 0 Å². The van der Waals surface area contributed by atoms with Crippen molar-refractivity contribution in [2.24, 2.45) is 0 Å². The van der Waals surface area contributed by atoms with E-state index in [0.717, 1.165) is 24.0 Å². The second-order valence-corrected chi connectivity index (χ2v) is 9.14. The molecule has 0 aliphatic heterocycles. The minimum absolute atomic E-state index is 0.0221. The lowest BCUT2D eigenvalue weighted by Crippen LogP contribution is -2.32. The fourth-order valence-corrected chi connectivity index (χ4v) is 3.35. The summed E-state index contributed by atoms with van der Waals surface area (Å²) in [6, 6.07) is 12.0. The van der Waals surface area contributed by atoms with Gasteiger partial charge in [0.15, 0.2) is 0 Å². The molecule has 0 aliphatic rings. The molecular weight excluding hydrogens is 433 g/mol. The Morgan fingerprint density at radius 3 is 2.42 bits per heavy atom. The van der Waals surface area contributed by atoms with Crippen LogP contribution in [0.2, 0.25) is 0 Å². The number of nitrogens with one attached hydrogen (secondary N) is 2. The van der Waals surface area contributed by atoms with E-state index in [2.05, 4.69) is 10.0 Å². The highest BCUT2D eigenvalue weighted by atomic mass is 32.2. The smallest absolute Gasteiger partial charge is 0.416 e. The summed E-state index contributed by atoms with van der Waals surface area (Å²) in [5, 5.41) is 13.4. The number of sulfonamides is 1. The fourth-order valence-electron chi connectivity index (χ4n) is 2.90. The quantitative estimate of drug-likeness (QED) is 0.449. The summed E-state index contributed by atoms with van der Waals surface area (Å²) >= 11 is 0. The van der Waals surface area contributed by atoms with E-state index in [1.807, 2.05) is 19.1 Å². The lowest BCUT2D eigenvalue weighted by molar-refractivity contribution is -0.137. The van der Waals surface area contributed by atoms with E-state index in [9.17, 15) is 26.7 Å². The molecule has 172 valence electrons. The van der Waals surface area contributed by atoms with Crippen LogP contribution in [0, 0.1) is 0 Å². The summed E-state index contributed by atoms with van der Waals surface area (Å²) in [7, 11) is -3.24. The van der Waals surface area contributed by atoms with Crippen LogP contribution in [0.15, 0.2) is 48.5 Å². The minimum Gasteiger partial charge on any atom is -0.492 e. The molecule has 0 radical (unpaired) electrons. The third-order valence-electron chi connectivity index (χ3n) is 4.46. The third-order valence-corrected chi connectivity index (χ3v) is 5.19. The van der Waals surface area contributed by atoms with Gasteiger partial charge >= 0.3 is 6.18 Å². The SMILES string of the molecule is CC(Cc1ccc(OCCNS(C)(=O)=O)cc1)NCC(O)c1cccc(C(F)(F)F)c1. The molecule has 2 aromatic carbocycles. The first-order chi connectivity index (χ1) is 14.4. The molecule has 3 N–H and O–H groups in total. The number of ether oxygens (including phenoxy) is 1. The van der Waals surface area contributed by atoms with Crippen LogP contribution in [0.4, 0.5) is 13.2 Å². The number of aliphatic hydroxyl groups excluding tert-OH is 1. The summed E-state index contributed by atoms with van der Waals surface area (Å²) in [5.41, 5.74) is 0.433. The highest BCUT2D eigenvalue weighted by Crippen LogP contribution is 2.30. The summed E-state index contributed by atoms with van der Waals surface area (Å²) in [6.45, 7) is 2.42. The maximum absolute atomic E-state index is 12.8. The summed E-state index contributed by atoms with van der Waals surface area (Å²) in [5.74, 6) is 0.611. The van der Waals surface area contributed by atoms with Crippen molar-refractivity contribution in [3.8, 4) is 5.75 Å². The maximum Gasteiger partial charge on any atom is 0.416 e. The highest BCUT2D eigenvalue weighted by Gasteiger charge is 2.30. The summed E-state index contributed by atoms with van der Waals surface area (Å²) in [6.07, 6.45) is -3.78. The Balaban J connectivity index is 1.79. The van der Waals surface area contributed by atoms with Crippen molar-refractivity contribution in [2.45, 2.75) is 31.7 Å². The Labute approximate surface area is 180 Å². The van der Waals surface area contributed by atoms with Crippen molar-refractivity contribution >= 4 is 10.0 Å². The van der Waals surface area contributed by atoms with Gasteiger partial charge in [0, 0.05) is 19.1 Å². The number of benzene rings is 2. The molecule has 0 fully saturated rings. The van der Waals surface area contributed by atoms with Gasteiger partial charge in [-0.25, -0.2) is 13.1 Å². The molecular formula is C21H27F3N2O4S. The van der Waals surface area contributed by atoms with Crippen molar-refractivity contribution in [1.82, 2.24) is 10.0 Å². The number of hydrogen-bond acceptors (Lipinski definition) is 5. The molecule has 6 nitrogen and oxygen atoms in total. The number of alkyl halides is 3. The first-order valence-corrected chi connectivity index (χ1v) is 11.6. The molecule has 0 heterocycles. The number of halogens is 3. The van der Waals surface area contributed by atoms with Crippen molar-refractivity contribution < 1.29 is 31.4 Å². The van der Waals surface area contributed by atoms with Crippen molar-refractivity contribution in [2.75, 3.05) is 26.0 Å². The minimum atomic E-state index is -4.45. The van der Waals surface area contributed by atoms with E-state index < -0.39 is 27.9 Å². The molecule has 0 saturated carbocycles. The van der Waals surface area contributed by atoms with Gasteiger partial charge in [0.1, 0.15) is 12.4 Å². The average molecular weight is 461 g/mol. The van der Waals surface area contributed by atoms with Gasteiger partial charge < -0.3 is 15.2 Å². The normalized spacial score (nSPS) is 14.3. The molecule has 2 rings (SSSR count). The van der Waals surface area contributed by atoms with Crippen LogP contribution in [0.3, 0.4) is 0 Å². The van der Waals surface area contributed by atoms with Crippen LogP contribution < -0.4 is 14.8 Å². The molecule has 0 aromatic heterocycles. The molecule has 10 heteroatoms. The van der Waals surface area contributed by atoms with Gasteiger partial charge in [0.05, 0.1) is 17.9 Å². The maximum atomic E-state index is 12.8. The number of hydrogen-bond donors (Lipinski definition) is 3. The van der Waals surface area contributed by atoms with Crippen LogP contribution >= 0.6 is 0 Å². The zero-order chi connectivity index (χ0) is 23.1. The van der Waals surface area contributed by atoms with Gasteiger partial charge in [-0.2, -0.15) is 13.2 Å². The highest BCUT2D eigenvalue weighted by molar-refractivity contribution is 7.88. The Morgan fingerprint density at radius 2 is 1.81 bits per heavy atom. The second-order valence-electron chi connectivity index (χ2n) is 7.31. The van der Waals surface area contributed by atoms with Crippen molar-refractivity contribution in [1.29, 1.82) is 0 Å². The lowest BCUT2D eigenvalue weighted by Gasteiger charge is -2.18. The second kappa shape index (κ2) is 10.9. The topological polar surface area (TPSA) is 87.7 Å². The van der Waals surface area contributed by atoms with Crippen LogP contribution in [-0.4, -0.2) is 45.5 Å². The molecule has 2 aromatic rings. The Hall–Kier alpha value is -2.14. The van der Waals surface area contributed by atoms with E-state index in [4.69, 9.17) is 4.74 Å². The Bertz CT molecular complexity index is 934. The molecule has 0 bridgehead atoms. The molecule has 0 aliphatic carbocycles. The predicted octanol–water partition coefficient (Wildman–Crippen LogP) is 2.89. The molecule has 0 spiro atoms. The largest absolute Gasteiger partial charge is 0.492 e. The van der Waals surface area contributed by atoms with Gasteiger partial charge in [-0.05, 0) is 48.7 Å². The molecule has 2 unspecified atom stereocenters.